The minimum absolute atomic E-state index is 0.170. The average Bonchev–Trinajstić information content (AvgIpc) is 2.42. The summed E-state index contributed by atoms with van der Waals surface area (Å²) < 4.78 is 0. The molecular weight excluding hydrogens is 302 g/mol. The zero-order valence-corrected chi connectivity index (χ0v) is 13.3. The molecule has 1 rings (SSSR count). The molecule has 0 aliphatic heterocycles. The van der Waals surface area contributed by atoms with Gasteiger partial charge in [0.2, 0.25) is 5.91 Å². The lowest BCUT2D eigenvalue weighted by molar-refractivity contribution is -0.121. The van der Waals surface area contributed by atoms with Crippen molar-refractivity contribution in [2.45, 2.75) is 45.4 Å². The van der Waals surface area contributed by atoms with E-state index in [0.29, 0.717) is 6.42 Å². The number of unbranched alkanes of at least 4 members (excludes halogenated alkanes) is 3. The van der Waals surface area contributed by atoms with Gasteiger partial charge in [0, 0.05) is 18.3 Å². The second kappa shape index (κ2) is 10.0. The van der Waals surface area contributed by atoms with E-state index in [4.69, 9.17) is 0 Å². The van der Waals surface area contributed by atoms with Crippen LogP contribution in [0.1, 0.15) is 43.2 Å². The van der Waals surface area contributed by atoms with Crippen molar-refractivity contribution in [3.05, 3.63) is 35.4 Å². The van der Waals surface area contributed by atoms with E-state index < -0.39 is 0 Å². The van der Waals surface area contributed by atoms with Gasteiger partial charge in [-0.2, -0.15) is 0 Å². The van der Waals surface area contributed by atoms with Crippen LogP contribution in [0.15, 0.2) is 24.3 Å². The van der Waals surface area contributed by atoms with Crippen LogP contribution >= 0.6 is 15.9 Å². The molecule has 2 nitrogen and oxygen atoms in total. The zero-order valence-electron chi connectivity index (χ0n) is 11.8. The number of hydrogen-bond donors (Lipinski definition) is 1. The van der Waals surface area contributed by atoms with Gasteiger partial charge in [-0.1, -0.05) is 53.0 Å². The van der Waals surface area contributed by atoms with Gasteiger partial charge in [-0.05, 0) is 37.3 Å². The van der Waals surface area contributed by atoms with Crippen molar-refractivity contribution < 1.29 is 4.79 Å². The molecule has 1 aromatic rings. The van der Waals surface area contributed by atoms with Crippen LogP contribution in [0.3, 0.4) is 0 Å². The average molecular weight is 326 g/mol. The first kappa shape index (κ1) is 16.2. The van der Waals surface area contributed by atoms with Crippen LogP contribution in [0.4, 0.5) is 0 Å². The molecule has 0 aliphatic carbocycles. The molecule has 0 unspecified atom stereocenters. The van der Waals surface area contributed by atoms with Gasteiger partial charge < -0.3 is 5.32 Å². The fourth-order valence-corrected chi connectivity index (χ4v) is 2.42. The predicted octanol–water partition coefficient (Wildman–Crippen LogP) is 4.00. The lowest BCUT2D eigenvalue weighted by Gasteiger charge is -2.07. The first-order valence-corrected chi connectivity index (χ1v) is 8.23. The van der Waals surface area contributed by atoms with E-state index >= 15 is 0 Å². The summed E-state index contributed by atoms with van der Waals surface area (Å²) in [6.45, 7) is 2.91. The van der Waals surface area contributed by atoms with E-state index in [1.54, 1.807) is 0 Å². The smallest absolute Gasteiger partial charge is 0.220 e. The van der Waals surface area contributed by atoms with Crippen molar-refractivity contribution in [3.8, 4) is 0 Å². The first-order chi connectivity index (χ1) is 9.24. The molecule has 3 heteroatoms. The van der Waals surface area contributed by atoms with Crippen LogP contribution in [0.25, 0.3) is 0 Å². The molecule has 0 spiro atoms. The van der Waals surface area contributed by atoms with E-state index in [2.05, 4.69) is 40.3 Å². The predicted molar refractivity (Wildman–Crippen MR) is 84.8 cm³/mol. The minimum atomic E-state index is 0.170. The molecular formula is C16H24BrNO. The molecule has 1 aromatic carbocycles. The Balaban J connectivity index is 2.10. The number of halogens is 1. The second-order valence-corrected chi connectivity index (χ2v) is 5.67. The molecule has 0 atom stereocenters. The topological polar surface area (TPSA) is 29.1 Å². The quantitative estimate of drug-likeness (QED) is 0.539. The molecule has 0 aromatic heterocycles. The normalized spacial score (nSPS) is 10.4. The summed E-state index contributed by atoms with van der Waals surface area (Å²) in [5, 5.41) is 4.08. The number of carbonyl (C=O) groups is 1. The lowest BCUT2D eigenvalue weighted by atomic mass is 10.0. The summed E-state index contributed by atoms with van der Waals surface area (Å²) in [7, 11) is 0. The van der Waals surface area contributed by atoms with E-state index in [9.17, 15) is 4.79 Å². The Labute approximate surface area is 125 Å². The van der Waals surface area contributed by atoms with E-state index in [0.717, 1.165) is 24.7 Å². The number of nitrogens with one attached hydrogen (secondary N) is 1. The van der Waals surface area contributed by atoms with Gasteiger partial charge in [-0.3, -0.25) is 4.79 Å². The van der Waals surface area contributed by atoms with Crippen LogP contribution in [0, 0.1) is 6.92 Å². The zero-order chi connectivity index (χ0) is 13.9. The largest absolute Gasteiger partial charge is 0.356 e. The summed E-state index contributed by atoms with van der Waals surface area (Å²) in [4.78, 5) is 11.7. The number of alkyl halides is 1. The van der Waals surface area contributed by atoms with Crippen LogP contribution in [0.2, 0.25) is 0 Å². The van der Waals surface area contributed by atoms with E-state index in [-0.39, 0.29) is 5.91 Å². The Bertz CT molecular complexity index is 379. The summed E-state index contributed by atoms with van der Waals surface area (Å²) in [6, 6.07) is 8.26. The maximum atomic E-state index is 11.7. The third-order valence-corrected chi connectivity index (χ3v) is 3.83. The van der Waals surface area contributed by atoms with Gasteiger partial charge in [0.05, 0.1) is 0 Å². The molecule has 0 heterocycles. The Morgan fingerprint density at radius 1 is 1.16 bits per heavy atom. The first-order valence-electron chi connectivity index (χ1n) is 7.11. The molecule has 0 saturated heterocycles. The van der Waals surface area contributed by atoms with Crippen molar-refractivity contribution in [3.63, 3.8) is 0 Å². The Morgan fingerprint density at radius 2 is 1.89 bits per heavy atom. The van der Waals surface area contributed by atoms with Crippen molar-refractivity contribution in [1.82, 2.24) is 5.32 Å². The standard InChI is InChI=1S/C16H24BrNO/c1-14-8-4-5-9-15(14)10-11-16(19)18-13-7-3-2-6-12-17/h4-5,8-9H,2-3,6-7,10-13H2,1H3,(H,18,19). The molecule has 0 saturated carbocycles. The molecule has 0 aliphatic rings. The van der Waals surface area contributed by atoms with Crippen molar-refractivity contribution >= 4 is 21.8 Å². The third-order valence-electron chi connectivity index (χ3n) is 3.27. The Hall–Kier alpha value is -0.830. The highest BCUT2D eigenvalue weighted by molar-refractivity contribution is 9.09. The molecule has 1 amide bonds. The molecule has 19 heavy (non-hydrogen) atoms. The molecule has 0 radical (unpaired) electrons. The van der Waals surface area contributed by atoms with E-state index in [1.165, 1.54) is 30.4 Å². The number of hydrogen-bond acceptors (Lipinski definition) is 1. The summed E-state index contributed by atoms with van der Waals surface area (Å²) in [5.41, 5.74) is 2.54. The maximum Gasteiger partial charge on any atom is 0.220 e. The summed E-state index contributed by atoms with van der Waals surface area (Å²) in [6.07, 6.45) is 6.17. The highest BCUT2D eigenvalue weighted by Crippen LogP contribution is 2.09. The number of carbonyl (C=O) groups excluding carboxylic acids is 1. The van der Waals surface area contributed by atoms with Crippen molar-refractivity contribution in [2.75, 3.05) is 11.9 Å². The van der Waals surface area contributed by atoms with Gasteiger partial charge in [0.25, 0.3) is 0 Å². The monoisotopic (exact) mass is 325 g/mol. The van der Waals surface area contributed by atoms with E-state index in [1.807, 2.05) is 12.1 Å². The van der Waals surface area contributed by atoms with Gasteiger partial charge >= 0.3 is 0 Å². The number of benzene rings is 1. The lowest BCUT2D eigenvalue weighted by Crippen LogP contribution is -2.24. The third kappa shape index (κ3) is 7.36. The van der Waals surface area contributed by atoms with Gasteiger partial charge in [0.15, 0.2) is 0 Å². The summed E-state index contributed by atoms with van der Waals surface area (Å²) in [5.74, 6) is 0.170. The highest BCUT2D eigenvalue weighted by Gasteiger charge is 2.03. The van der Waals surface area contributed by atoms with Crippen molar-refractivity contribution in [1.29, 1.82) is 0 Å². The molecule has 0 bridgehead atoms. The molecule has 0 fully saturated rings. The maximum absolute atomic E-state index is 11.7. The second-order valence-electron chi connectivity index (χ2n) is 4.88. The highest BCUT2D eigenvalue weighted by atomic mass is 79.9. The fourth-order valence-electron chi connectivity index (χ4n) is 2.03. The summed E-state index contributed by atoms with van der Waals surface area (Å²) >= 11 is 3.42. The Kier molecular flexibility index (Phi) is 8.55. The van der Waals surface area contributed by atoms with Crippen LogP contribution in [-0.4, -0.2) is 17.8 Å². The fraction of sp³-hybridized carbons (Fsp3) is 0.562. The molecule has 106 valence electrons. The van der Waals surface area contributed by atoms with Gasteiger partial charge in [-0.15, -0.1) is 0 Å². The number of rotatable bonds is 9. The number of aryl methyl sites for hydroxylation is 2. The van der Waals surface area contributed by atoms with Gasteiger partial charge in [-0.25, -0.2) is 0 Å². The molecule has 1 N–H and O–H groups in total. The van der Waals surface area contributed by atoms with Crippen LogP contribution in [0.5, 0.6) is 0 Å². The SMILES string of the molecule is Cc1ccccc1CCC(=O)NCCCCCCBr. The minimum Gasteiger partial charge on any atom is -0.356 e. The Morgan fingerprint density at radius 3 is 2.63 bits per heavy atom. The number of amides is 1. The van der Waals surface area contributed by atoms with Gasteiger partial charge in [0.1, 0.15) is 0 Å². The van der Waals surface area contributed by atoms with Crippen LogP contribution in [-0.2, 0) is 11.2 Å². The van der Waals surface area contributed by atoms with Crippen LogP contribution < -0.4 is 5.32 Å². The van der Waals surface area contributed by atoms with Crippen molar-refractivity contribution in [2.24, 2.45) is 0 Å².